The number of hydrogen-bond donors (Lipinski definition) is 1. The van der Waals surface area contributed by atoms with Crippen LogP contribution in [0.1, 0.15) is 5.69 Å². The predicted octanol–water partition coefficient (Wildman–Crippen LogP) is 4.71. The molecule has 3 nitrogen and oxygen atoms in total. The number of rotatable bonds is 2. The van der Waals surface area contributed by atoms with Crippen LogP contribution in [0, 0.1) is 12.7 Å². The molecule has 1 aromatic heterocycles. The molecule has 106 valence electrons. The van der Waals surface area contributed by atoms with Gasteiger partial charge in [-0.2, -0.15) is 0 Å². The zero-order valence-electron chi connectivity index (χ0n) is 11.2. The Morgan fingerprint density at radius 3 is 2.71 bits per heavy atom. The van der Waals surface area contributed by atoms with Gasteiger partial charge in [-0.3, -0.25) is 4.98 Å². The minimum absolute atomic E-state index is 0.0186. The lowest BCUT2D eigenvalue weighted by Crippen LogP contribution is -1.93. The van der Waals surface area contributed by atoms with E-state index in [1.165, 1.54) is 18.2 Å². The molecule has 3 aromatic rings. The number of halogens is 2. The molecule has 0 saturated heterocycles. The van der Waals surface area contributed by atoms with E-state index in [4.69, 9.17) is 22.1 Å². The van der Waals surface area contributed by atoms with Gasteiger partial charge in [0.25, 0.3) is 0 Å². The third-order valence-electron chi connectivity index (χ3n) is 3.15. The van der Waals surface area contributed by atoms with Gasteiger partial charge in [0.2, 0.25) is 0 Å². The highest BCUT2D eigenvalue weighted by Crippen LogP contribution is 2.34. The van der Waals surface area contributed by atoms with Crippen LogP contribution in [0.2, 0.25) is 5.02 Å². The summed E-state index contributed by atoms with van der Waals surface area (Å²) < 4.78 is 19.0. The van der Waals surface area contributed by atoms with Crippen LogP contribution in [-0.2, 0) is 0 Å². The largest absolute Gasteiger partial charge is 0.457 e. The molecule has 21 heavy (non-hydrogen) atoms. The molecule has 5 heteroatoms. The Morgan fingerprint density at radius 1 is 1.14 bits per heavy atom. The molecule has 3 rings (SSSR count). The Balaban J connectivity index is 2.10. The van der Waals surface area contributed by atoms with Crippen molar-refractivity contribution in [2.75, 3.05) is 5.73 Å². The molecular weight excluding hydrogens is 291 g/mol. The Bertz CT molecular complexity index is 836. The molecule has 2 aromatic carbocycles. The van der Waals surface area contributed by atoms with Crippen LogP contribution in [0.4, 0.5) is 10.1 Å². The number of benzene rings is 2. The fourth-order valence-electron chi connectivity index (χ4n) is 2.10. The van der Waals surface area contributed by atoms with Crippen molar-refractivity contribution in [1.82, 2.24) is 4.98 Å². The molecule has 0 aliphatic carbocycles. The summed E-state index contributed by atoms with van der Waals surface area (Å²) in [5.74, 6) is 0.598. The highest BCUT2D eigenvalue weighted by molar-refractivity contribution is 6.30. The van der Waals surface area contributed by atoms with E-state index in [0.717, 1.165) is 16.5 Å². The van der Waals surface area contributed by atoms with Crippen LogP contribution in [0.5, 0.6) is 11.5 Å². The van der Waals surface area contributed by atoms with Crippen molar-refractivity contribution < 1.29 is 9.13 Å². The Labute approximate surface area is 126 Å². The first-order valence-electron chi connectivity index (χ1n) is 6.32. The molecule has 0 fully saturated rings. The van der Waals surface area contributed by atoms with E-state index in [-0.39, 0.29) is 5.02 Å². The van der Waals surface area contributed by atoms with Gasteiger partial charge in [-0.05, 0) is 37.3 Å². The standard InChI is InChI=1S/C16H12ClFN2O/c1-9-6-11-12(8-20-9)15(19)4-5-16(11)21-10-2-3-14(18)13(17)7-10/h2-8H,19H2,1H3. The maximum Gasteiger partial charge on any atom is 0.142 e. The number of fused-ring (bicyclic) bond motifs is 1. The minimum atomic E-state index is -0.480. The Hall–Kier alpha value is -2.33. The zero-order valence-corrected chi connectivity index (χ0v) is 12.0. The van der Waals surface area contributed by atoms with E-state index in [1.54, 1.807) is 18.3 Å². The summed E-state index contributed by atoms with van der Waals surface area (Å²) in [7, 11) is 0. The summed E-state index contributed by atoms with van der Waals surface area (Å²) >= 11 is 5.76. The van der Waals surface area contributed by atoms with Gasteiger partial charge in [-0.25, -0.2) is 4.39 Å². The lowest BCUT2D eigenvalue weighted by Gasteiger charge is -2.11. The van der Waals surface area contributed by atoms with Crippen molar-refractivity contribution in [2.24, 2.45) is 0 Å². The molecule has 0 spiro atoms. The van der Waals surface area contributed by atoms with Gasteiger partial charge in [-0.15, -0.1) is 0 Å². The number of nitrogens with two attached hydrogens (primary N) is 1. The first-order valence-corrected chi connectivity index (χ1v) is 6.70. The molecule has 0 saturated carbocycles. The van der Waals surface area contributed by atoms with Crippen LogP contribution in [0.15, 0.2) is 42.6 Å². The van der Waals surface area contributed by atoms with E-state index in [0.29, 0.717) is 17.2 Å². The highest BCUT2D eigenvalue weighted by Gasteiger charge is 2.09. The quantitative estimate of drug-likeness (QED) is 0.697. The molecule has 0 aliphatic rings. The van der Waals surface area contributed by atoms with Crippen LogP contribution in [0.25, 0.3) is 10.8 Å². The first-order chi connectivity index (χ1) is 10.0. The normalized spacial score (nSPS) is 10.8. The van der Waals surface area contributed by atoms with E-state index < -0.39 is 5.82 Å². The number of anilines is 1. The average Bonchev–Trinajstić information content (AvgIpc) is 2.46. The number of hydrogen-bond acceptors (Lipinski definition) is 3. The first kappa shape index (κ1) is 13.6. The molecular formula is C16H12ClFN2O. The smallest absolute Gasteiger partial charge is 0.142 e. The summed E-state index contributed by atoms with van der Waals surface area (Å²) in [4.78, 5) is 4.24. The number of aromatic nitrogens is 1. The van der Waals surface area contributed by atoms with Crippen molar-refractivity contribution in [3.8, 4) is 11.5 Å². The Morgan fingerprint density at radius 2 is 1.95 bits per heavy atom. The number of nitrogens with zero attached hydrogens (tertiary/aromatic N) is 1. The third-order valence-corrected chi connectivity index (χ3v) is 3.44. The van der Waals surface area contributed by atoms with Crippen molar-refractivity contribution in [3.05, 3.63) is 59.1 Å². The van der Waals surface area contributed by atoms with Crippen molar-refractivity contribution in [3.63, 3.8) is 0 Å². The summed E-state index contributed by atoms with van der Waals surface area (Å²) in [6, 6.07) is 9.65. The Kier molecular flexibility index (Phi) is 3.39. The van der Waals surface area contributed by atoms with Gasteiger partial charge >= 0.3 is 0 Å². The summed E-state index contributed by atoms with van der Waals surface area (Å²) in [6.45, 7) is 1.89. The van der Waals surface area contributed by atoms with Gasteiger partial charge in [0.1, 0.15) is 17.3 Å². The van der Waals surface area contributed by atoms with Crippen molar-refractivity contribution >= 4 is 28.1 Å². The number of pyridine rings is 1. The summed E-state index contributed by atoms with van der Waals surface area (Å²) in [5.41, 5.74) is 7.43. The van der Waals surface area contributed by atoms with E-state index in [9.17, 15) is 4.39 Å². The summed E-state index contributed by atoms with van der Waals surface area (Å²) in [6.07, 6.45) is 1.71. The van der Waals surface area contributed by atoms with Crippen LogP contribution >= 0.6 is 11.6 Å². The number of nitrogen functional groups attached to an aromatic ring is 1. The minimum Gasteiger partial charge on any atom is -0.457 e. The molecule has 0 aliphatic heterocycles. The second-order valence-electron chi connectivity index (χ2n) is 4.70. The predicted molar refractivity (Wildman–Crippen MR) is 82.4 cm³/mol. The van der Waals surface area contributed by atoms with Crippen LogP contribution < -0.4 is 10.5 Å². The molecule has 0 radical (unpaired) electrons. The second-order valence-corrected chi connectivity index (χ2v) is 5.11. The molecule has 1 heterocycles. The molecule has 0 amide bonds. The van der Waals surface area contributed by atoms with Gasteiger partial charge in [0.05, 0.1) is 5.02 Å². The summed E-state index contributed by atoms with van der Waals surface area (Å²) in [5, 5.41) is 1.68. The zero-order chi connectivity index (χ0) is 15.0. The van der Waals surface area contributed by atoms with E-state index >= 15 is 0 Å². The topological polar surface area (TPSA) is 48.1 Å². The maximum atomic E-state index is 13.2. The molecule has 2 N–H and O–H groups in total. The molecule has 0 unspecified atom stereocenters. The van der Waals surface area contributed by atoms with Gasteiger partial charge in [0.15, 0.2) is 0 Å². The van der Waals surface area contributed by atoms with Gasteiger partial charge < -0.3 is 10.5 Å². The van der Waals surface area contributed by atoms with Crippen molar-refractivity contribution in [2.45, 2.75) is 6.92 Å². The number of aryl methyl sites for hydroxylation is 1. The second kappa shape index (κ2) is 5.22. The monoisotopic (exact) mass is 302 g/mol. The highest BCUT2D eigenvalue weighted by atomic mass is 35.5. The molecule has 0 bridgehead atoms. The average molecular weight is 303 g/mol. The van der Waals surface area contributed by atoms with E-state index in [2.05, 4.69) is 4.98 Å². The van der Waals surface area contributed by atoms with Crippen molar-refractivity contribution in [1.29, 1.82) is 0 Å². The van der Waals surface area contributed by atoms with Gasteiger partial charge in [-0.1, -0.05) is 11.6 Å². The fraction of sp³-hybridized carbons (Fsp3) is 0.0625. The van der Waals surface area contributed by atoms with Crippen LogP contribution in [0.3, 0.4) is 0 Å². The van der Waals surface area contributed by atoms with Crippen LogP contribution in [-0.4, -0.2) is 4.98 Å². The molecule has 0 atom stereocenters. The fourth-order valence-corrected chi connectivity index (χ4v) is 2.27. The SMILES string of the molecule is Cc1cc2c(Oc3ccc(F)c(Cl)c3)ccc(N)c2cn1. The maximum absolute atomic E-state index is 13.2. The third kappa shape index (κ3) is 2.62. The number of ether oxygens (including phenoxy) is 1. The lowest BCUT2D eigenvalue weighted by molar-refractivity contribution is 0.486. The van der Waals surface area contributed by atoms with E-state index in [1.807, 2.05) is 13.0 Å². The lowest BCUT2D eigenvalue weighted by atomic mass is 10.1. The van der Waals surface area contributed by atoms with Gasteiger partial charge in [0, 0.05) is 34.4 Å².